The number of nitrogens with one attached hydrogen (secondary N) is 1. The van der Waals surface area contributed by atoms with Crippen LogP contribution in [-0.4, -0.2) is 32.0 Å². The van der Waals surface area contributed by atoms with Crippen LogP contribution in [0.15, 0.2) is 18.3 Å². The van der Waals surface area contributed by atoms with E-state index >= 15 is 0 Å². The second-order valence-corrected chi connectivity index (χ2v) is 5.65. The SMILES string of the molecule is Cc1ccn(CCCNC(=O)C(C)n2nc(C(F)(F)F)cc2C)n1. The summed E-state index contributed by atoms with van der Waals surface area (Å²) in [5.74, 6) is -0.369. The van der Waals surface area contributed by atoms with E-state index in [2.05, 4.69) is 15.5 Å². The number of aromatic nitrogens is 4. The number of nitrogens with zero attached hydrogens (tertiary/aromatic N) is 4. The van der Waals surface area contributed by atoms with Crippen molar-refractivity contribution in [2.24, 2.45) is 0 Å². The smallest absolute Gasteiger partial charge is 0.354 e. The van der Waals surface area contributed by atoms with Gasteiger partial charge in [0.2, 0.25) is 5.91 Å². The first-order valence-corrected chi connectivity index (χ1v) is 7.59. The van der Waals surface area contributed by atoms with Crippen molar-refractivity contribution < 1.29 is 18.0 Å². The maximum Gasteiger partial charge on any atom is 0.435 e. The quantitative estimate of drug-likeness (QED) is 0.820. The number of amides is 1. The molecule has 132 valence electrons. The predicted molar refractivity (Wildman–Crippen MR) is 81.3 cm³/mol. The summed E-state index contributed by atoms with van der Waals surface area (Å²) in [5, 5.41) is 10.4. The molecule has 6 nitrogen and oxygen atoms in total. The van der Waals surface area contributed by atoms with Gasteiger partial charge in [-0.15, -0.1) is 0 Å². The van der Waals surface area contributed by atoms with Crippen LogP contribution in [0, 0.1) is 13.8 Å². The van der Waals surface area contributed by atoms with Gasteiger partial charge in [0.15, 0.2) is 5.69 Å². The topological polar surface area (TPSA) is 64.7 Å². The average Bonchev–Trinajstić information content (AvgIpc) is 3.08. The number of carbonyl (C=O) groups excluding carboxylic acids is 1. The number of hydrogen-bond donors (Lipinski definition) is 1. The van der Waals surface area contributed by atoms with E-state index in [1.54, 1.807) is 4.68 Å². The van der Waals surface area contributed by atoms with E-state index in [1.807, 2.05) is 19.2 Å². The van der Waals surface area contributed by atoms with Crippen molar-refractivity contribution in [1.82, 2.24) is 24.9 Å². The summed E-state index contributed by atoms with van der Waals surface area (Å²) in [6.07, 6.45) is -1.99. The van der Waals surface area contributed by atoms with Crippen molar-refractivity contribution in [1.29, 1.82) is 0 Å². The van der Waals surface area contributed by atoms with E-state index in [1.165, 1.54) is 13.8 Å². The molecule has 0 saturated heterocycles. The van der Waals surface area contributed by atoms with Gasteiger partial charge in [0.1, 0.15) is 6.04 Å². The van der Waals surface area contributed by atoms with Crippen LogP contribution in [0.25, 0.3) is 0 Å². The molecule has 2 heterocycles. The van der Waals surface area contributed by atoms with Gasteiger partial charge in [-0.3, -0.25) is 14.2 Å². The van der Waals surface area contributed by atoms with Crippen LogP contribution in [0.3, 0.4) is 0 Å². The fraction of sp³-hybridized carbons (Fsp3) is 0.533. The fourth-order valence-corrected chi connectivity index (χ4v) is 2.32. The normalized spacial score (nSPS) is 13.1. The van der Waals surface area contributed by atoms with Crippen molar-refractivity contribution in [2.75, 3.05) is 6.54 Å². The molecule has 0 aliphatic rings. The fourth-order valence-electron chi connectivity index (χ4n) is 2.32. The van der Waals surface area contributed by atoms with E-state index in [0.29, 0.717) is 19.5 Å². The van der Waals surface area contributed by atoms with Crippen molar-refractivity contribution in [3.63, 3.8) is 0 Å². The Balaban J connectivity index is 1.87. The van der Waals surface area contributed by atoms with Crippen molar-refractivity contribution in [2.45, 2.75) is 46.0 Å². The molecule has 24 heavy (non-hydrogen) atoms. The monoisotopic (exact) mass is 343 g/mol. The summed E-state index contributed by atoms with van der Waals surface area (Å²) in [4.78, 5) is 12.1. The van der Waals surface area contributed by atoms with Crippen LogP contribution >= 0.6 is 0 Å². The predicted octanol–water partition coefficient (Wildman–Crippen LogP) is 2.48. The Morgan fingerprint density at radius 2 is 2.04 bits per heavy atom. The minimum absolute atomic E-state index is 0.289. The zero-order valence-electron chi connectivity index (χ0n) is 13.8. The molecule has 2 aromatic heterocycles. The largest absolute Gasteiger partial charge is 0.435 e. The van der Waals surface area contributed by atoms with Gasteiger partial charge >= 0.3 is 6.18 Å². The van der Waals surface area contributed by atoms with E-state index in [-0.39, 0.29) is 11.6 Å². The molecule has 0 spiro atoms. The van der Waals surface area contributed by atoms with E-state index in [9.17, 15) is 18.0 Å². The molecule has 0 radical (unpaired) electrons. The van der Waals surface area contributed by atoms with E-state index in [0.717, 1.165) is 16.4 Å². The molecule has 0 aliphatic heterocycles. The summed E-state index contributed by atoms with van der Waals surface area (Å²) in [7, 11) is 0. The second-order valence-electron chi connectivity index (χ2n) is 5.65. The van der Waals surface area contributed by atoms with Crippen molar-refractivity contribution in [3.8, 4) is 0 Å². The molecule has 1 amide bonds. The minimum Gasteiger partial charge on any atom is -0.354 e. The molecule has 1 N–H and O–H groups in total. The molecule has 0 bridgehead atoms. The number of hydrogen-bond acceptors (Lipinski definition) is 3. The zero-order chi connectivity index (χ0) is 17.9. The van der Waals surface area contributed by atoms with Gasteiger partial charge < -0.3 is 5.32 Å². The van der Waals surface area contributed by atoms with Crippen LogP contribution in [0.4, 0.5) is 13.2 Å². The second kappa shape index (κ2) is 7.06. The van der Waals surface area contributed by atoms with Crippen LogP contribution in [0.2, 0.25) is 0 Å². The lowest BCUT2D eigenvalue weighted by molar-refractivity contribution is -0.142. The lowest BCUT2D eigenvalue weighted by atomic mass is 10.3. The Morgan fingerprint density at radius 1 is 1.33 bits per heavy atom. The van der Waals surface area contributed by atoms with Gasteiger partial charge in [0.25, 0.3) is 0 Å². The molecule has 0 saturated carbocycles. The Kier molecular flexibility index (Phi) is 5.30. The highest BCUT2D eigenvalue weighted by atomic mass is 19.4. The average molecular weight is 343 g/mol. The first-order chi connectivity index (χ1) is 11.2. The molecular weight excluding hydrogens is 323 g/mol. The number of halogens is 3. The maximum absolute atomic E-state index is 12.7. The van der Waals surface area contributed by atoms with Gasteiger partial charge in [-0.05, 0) is 39.3 Å². The van der Waals surface area contributed by atoms with Gasteiger partial charge in [0, 0.05) is 25.0 Å². The molecule has 1 atom stereocenters. The molecule has 2 rings (SSSR count). The summed E-state index contributed by atoms with van der Waals surface area (Å²) in [5.41, 5.74) is 0.216. The molecule has 2 aromatic rings. The van der Waals surface area contributed by atoms with E-state index in [4.69, 9.17) is 0 Å². The lowest BCUT2D eigenvalue weighted by Crippen LogP contribution is -2.33. The van der Waals surface area contributed by atoms with Gasteiger partial charge in [-0.1, -0.05) is 0 Å². The number of alkyl halides is 3. The van der Waals surface area contributed by atoms with Crippen LogP contribution in [-0.2, 0) is 17.5 Å². The minimum atomic E-state index is -4.52. The van der Waals surface area contributed by atoms with Crippen molar-refractivity contribution >= 4 is 5.91 Å². The van der Waals surface area contributed by atoms with Gasteiger partial charge in [-0.2, -0.15) is 23.4 Å². The van der Waals surface area contributed by atoms with Crippen LogP contribution < -0.4 is 5.32 Å². The van der Waals surface area contributed by atoms with Gasteiger partial charge in [-0.25, -0.2) is 0 Å². The number of aryl methyl sites for hydroxylation is 3. The maximum atomic E-state index is 12.7. The zero-order valence-corrected chi connectivity index (χ0v) is 13.8. The Labute approximate surface area is 137 Å². The summed E-state index contributed by atoms with van der Waals surface area (Å²) in [6, 6.07) is 2.01. The Morgan fingerprint density at radius 3 is 2.58 bits per heavy atom. The number of carbonyl (C=O) groups is 1. The Hall–Kier alpha value is -2.32. The highest BCUT2D eigenvalue weighted by Gasteiger charge is 2.35. The summed E-state index contributed by atoms with van der Waals surface area (Å²) < 4.78 is 40.9. The molecule has 0 fully saturated rings. The molecular formula is C15H20F3N5O. The standard InChI is InChI=1S/C15H20F3N5O/c1-10-5-8-22(20-10)7-4-6-19-14(24)12(3)23-11(2)9-13(21-23)15(16,17)18/h5,8-9,12H,4,6-7H2,1-3H3,(H,19,24). The lowest BCUT2D eigenvalue weighted by Gasteiger charge is -2.14. The first-order valence-electron chi connectivity index (χ1n) is 7.59. The molecule has 1 unspecified atom stereocenters. The third-order valence-electron chi connectivity index (χ3n) is 3.60. The van der Waals surface area contributed by atoms with E-state index < -0.39 is 17.9 Å². The van der Waals surface area contributed by atoms with Crippen molar-refractivity contribution in [3.05, 3.63) is 35.4 Å². The molecule has 0 aromatic carbocycles. The highest BCUT2D eigenvalue weighted by Crippen LogP contribution is 2.29. The van der Waals surface area contributed by atoms with Crippen LogP contribution in [0.5, 0.6) is 0 Å². The summed E-state index contributed by atoms with van der Waals surface area (Å²) >= 11 is 0. The number of rotatable bonds is 6. The Bertz CT molecular complexity index is 704. The molecule has 0 aliphatic carbocycles. The van der Waals surface area contributed by atoms with Crippen LogP contribution in [0.1, 0.15) is 36.5 Å². The highest BCUT2D eigenvalue weighted by molar-refractivity contribution is 5.79. The summed E-state index contributed by atoms with van der Waals surface area (Å²) in [6.45, 7) is 5.97. The molecule has 9 heteroatoms. The first kappa shape index (κ1) is 18.0. The van der Waals surface area contributed by atoms with Gasteiger partial charge in [0.05, 0.1) is 5.69 Å². The third-order valence-corrected chi connectivity index (χ3v) is 3.60. The third kappa shape index (κ3) is 4.36.